The molecule has 112 valence electrons. The summed E-state index contributed by atoms with van der Waals surface area (Å²) >= 11 is 9.16. The first kappa shape index (κ1) is 16.2. The highest BCUT2D eigenvalue weighted by molar-refractivity contribution is 9.09. The standard InChI is InChI=1S/C13H17BrClNO3S/c1-13(2)9-16(8-11(7-14)19-13)20(17,18)12-5-3-10(15)4-6-12/h3-6,11H,7-9H2,1-2H3. The fourth-order valence-electron chi connectivity index (χ4n) is 2.26. The first-order valence-corrected chi connectivity index (χ1v) is 9.18. The SMILES string of the molecule is CC1(C)CN(S(=O)(=O)c2ccc(Cl)cc2)CC(CBr)O1. The Kier molecular flexibility index (Phi) is 4.81. The van der Waals surface area contributed by atoms with Crippen LogP contribution in [0.4, 0.5) is 0 Å². The molecule has 2 rings (SSSR count). The van der Waals surface area contributed by atoms with Gasteiger partial charge in [-0.3, -0.25) is 0 Å². The second-order valence-corrected chi connectivity index (χ2v) is 8.43. The molecule has 1 aliphatic rings. The molecule has 0 spiro atoms. The highest BCUT2D eigenvalue weighted by Gasteiger charge is 2.38. The van der Waals surface area contributed by atoms with Crippen molar-refractivity contribution in [3.8, 4) is 0 Å². The average molecular weight is 383 g/mol. The van der Waals surface area contributed by atoms with Gasteiger partial charge in [0.25, 0.3) is 0 Å². The third-order valence-electron chi connectivity index (χ3n) is 3.07. The van der Waals surface area contributed by atoms with Gasteiger partial charge in [0.2, 0.25) is 10.0 Å². The number of alkyl halides is 1. The summed E-state index contributed by atoms with van der Waals surface area (Å²) in [4.78, 5) is 0.257. The summed E-state index contributed by atoms with van der Waals surface area (Å²) in [6.07, 6.45) is -0.152. The molecule has 1 aliphatic heterocycles. The maximum absolute atomic E-state index is 12.7. The van der Waals surface area contributed by atoms with Gasteiger partial charge in [-0.2, -0.15) is 4.31 Å². The van der Waals surface area contributed by atoms with Crippen LogP contribution in [0.2, 0.25) is 5.02 Å². The fraction of sp³-hybridized carbons (Fsp3) is 0.538. The van der Waals surface area contributed by atoms with Gasteiger partial charge in [0.15, 0.2) is 0 Å². The minimum Gasteiger partial charge on any atom is -0.369 e. The van der Waals surface area contributed by atoms with Gasteiger partial charge in [-0.25, -0.2) is 8.42 Å². The molecule has 0 saturated carbocycles. The van der Waals surface area contributed by atoms with Crippen LogP contribution in [0.25, 0.3) is 0 Å². The second-order valence-electron chi connectivity index (χ2n) is 5.41. The van der Waals surface area contributed by atoms with E-state index in [0.29, 0.717) is 23.4 Å². The monoisotopic (exact) mass is 381 g/mol. The van der Waals surface area contributed by atoms with E-state index in [0.717, 1.165) is 0 Å². The number of nitrogens with zero attached hydrogens (tertiary/aromatic N) is 1. The second kappa shape index (κ2) is 5.93. The zero-order valence-electron chi connectivity index (χ0n) is 11.3. The molecule has 1 atom stereocenters. The van der Waals surface area contributed by atoms with Crippen LogP contribution in [-0.4, -0.2) is 42.8 Å². The van der Waals surface area contributed by atoms with Crippen molar-refractivity contribution >= 4 is 37.6 Å². The van der Waals surface area contributed by atoms with Crippen molar-refractivity contribution in [2.45, 2.75) is 30.4 Å². The van der Waals surface area contributed by atoms with Crippen LogP contribution in [0.3, 0.4) is 0 Å². The smallest absolute Gasteiger partial charge is 0.243 e. The Morgan fingerprint density at radius 2 is 2.00 bits per heavy atom. The number of ether oxygens (including phenoxy) is 1. The molecule has 1 heterocycles. The molecule has 0 aromatic heterocycles. The van der Waals surface area contributed by atoms with Gasteiger partial charge in [-0.05, 0) is 38.1 Å². The van der Waals surface area contributed by atoms with E-state index in [1.54, 1.807) is 12.1 Å². The van der Waals surface area contributed by atoms with E-state index >= 15 is 0 Å². The average Bonchev–Trinajstić information content (AvgIpc) is 2.37. The summed E-state index contributed by atoms with van der Waals surface area (Å²) in [5.74, 6) is 0. The van der Waals surface area contributed by atoms with Gasteiger partial charge in [-0.1, -0.05) is 27.5 Å². The molecule has 1 aromatic rings. The van der Waals surface area contributed by atoms with E-state index in [1.165, 1.54) is 16.4 Å². The highest BCUT2D eigenvalue weighted by atomic mass is 79.9. The Balaban J connectivity index is 2.31. The molecule has 0 amide bonds. The van der Waals surface area contributed by atoms with Crippen molar-refractivity contribution in [3.05, 3.63) is 29.3 Å². The summed E-state index contributed by atoms with van der Waals surface area (Å²) in [6, 6.07) is 6.23. The van der Waals surface area contributed by atoms with Gasteiger partial charge in [0, 0.05) is 23.4 Å². The van der Waals surface area contributed by atoms with Gasteiger partial charge in [0.1, 0.15) is 0 Å². The number of hydrogen-bond donors (Lipinski definition) is 0. The lowest BCUT2D eigenvalue weighted by atomic mass is 10.1. The number of rotatable bonds is 3. The summed E-state index contributed by atoms with van der Waals surface area (Å²) in [7, 11) is -3.52. The first-order chi connectivity index (χ1) is 9.24. The summed E-state index contributed by atoms with van der Waals surface area (Å²) in [5.41, 5.74) is -0.504. The summed E-state index contributed by atoms with van der Waals surface area (Å²) in [6.45, 7) is 4.47. The van der Waals surface area contributed by atoms with Crippen LogP contribution < -0.4 is 0 Å². The number of sulfonamides is 1. The van der Waals surface area contributed by atoms with E-state index in [4.69, 9.17) is 16.3 Å². The van der Waals surface area contributed by atoms with E-state index < -0.39 is 15.6 Å². The molecular formula is C13H17BrClNO3S. The van der Waals surface area contributed by atoms with Crippen LogP contribution in [0.1, 0.15) is 13.8 Å². The normalized spacial score (nSPS) is 23.7. The molecule has 0 bridgehead atoms. The molecule has 4 nitrogen and oxygen atoms in total. The van der Waals surface area contributed by atoms with Gasteiger partial charge < -0.3 is 4.74 Å². The Bertz CT molecular complexity index is 574. The summed E-state index contributed by atoms with van der Waals surface area (Å²) < 4.78 is 32.6. The molecule has 0 radical (unpaired) electrons. The highest BCUT2D eigenvalue weighted by Crippen LogP contribution is 2.27. The number of morpholine rings is 1. The predicted octanol–water partition coefficient (Wildman–Crippen LogP) is 2.90. The zero-order valence-corrected chi connectivity index (χ0v) is 14.5. The minimum atomic E-state index is -3.52. The first-order valence-electron chi connectivity index (χ1n) is 6.24. The van der Waals surface area contributed by atoms with E-state index in [1.807, 2.05) is 13.8 Å². The molecule has 1 fully saturated rings. The third kappa shape index (κ3) is 3.54. The predicted molar refractivity (Wildman–Crippen MR) is 83.0 cm³/mol. The van der Waals surface area contributed by atoms with Gasteiger partial charge in [0.05, 0.1) is 16.6 Å². The molecule has 7 heteroatoms. The van der Waals surface area contributed by atoms with Crippen molar-refractivity contribution in [1.82, 2.24) is 4.31 Å². The molecule has 0 N–H and O–H groups in total. The number of halogens is 2. The van der Waals surface area contributed by atoms with Crippen LogP contribution in [0.5, 0.6) is 0 Å². The van der Waals surface area contributed by atoms with E-state index in [9.17, 15) is 8.42 Å². The van der Waals surface area contributed by atoms with Gasteiger partial charge in [-0.15, -0.1) is 0 Å². The quantitative estimate of drug-likeness (QED) is 0.755. The van der Waals surface area contributed by atoms with E-state index in [-0.39, 0.29) is 11.0 Å². The van der Waals surface area contributed by atoms with Crippen LogP contribution in [0.15, 0.2) is 29.2 Å². The van der Waals surface area contributed by atoms with E-state index in [2.05, 4.69) is 15.9 Å². The Hall–Kier alpha value is -0.140. The lowest BCUT2D eigenvalue weighted by Gasteiger charge is -2.41. The van der Waals surface area contributed by atoms with Crippen LogP contribution in [0, 0.1) is 0 Å². The molecule has 1 unspecified atom stereocenters. The zero-order chi connectivity index (χ0) is 15.0. The van der Waals surface area contributed by atoms with Crippen molar-refractivity contribution in [2.75, 3.05) is 18.4 Å². The number of hydrogen-bond acceptors (Lipinski definition) is 3. The topological polar surface area (TPSA) is 46.6 Å². The Morgan fingerprint density at radius 1 is 1.40 bits per heavy atom. The molecule has 0 aliphatic carbocycles. The largest absolute Gasteiger partial charge is 0.369 e. The van der Waals surface area contributed by atoms with Crippen molar-refractivity contribution in [1.29, 1.82) is 0 Å². The lowest BCUT2D eigenvalue weighted by molar-refractivity contribution is -0.106. The fourth-order valence-corrected chi connectivity index (χ4v) is 4.35. The van der Waals surface area contributed by atoms with Crippen LogP contribution in [-0.2, 0) is 14.8 Å². The molecule has 1 saturated heterocycles. The molecular weight excluding hydrogens is 366 g/mol. The summed E-state index contributed by atoms with van der Waals surface area (Å²) in [5, 5.41) is 1.12. The van der Waals surface area contributed by atoms with Crippen molar-refractivity contribution < 1.29 is 13.2 Å². The number of benzene rings is 1. The maximum Gasteiger partial charge on any atom is 0.243 e. The van der Waals surface area contributed by atoms with Crippen molar-refractivity contribution in [3.63, 3.8) is 0 Å². The van der Waals surface area contributed by atoms with Gasteiger partial charge >= 0.3 is 0 Å². The Labute approximate surface area is 133 Å². The van der Waals surface area contributed by atoms with Crippen LogP contribution >= 0.6 is 27.5 Å². The minimum absolute atomic E-state index is 0.152. The van der Waals surface area contributed by atoms with Crippen molar-refractivity contribution in [2.24, 2.45) is 0 Å². The Morgan fingerprint density at radius 3 is 2.55 bits per heavy atom. The lowest BCUT2D eigenvalue weighted by Crippen LogP contribution is -2.54. The molecule has 1 aromatic carbocycles. The molecule has 20 heavy (non-hydrogen) atoms. The third-order valence-corrected chi connectivity index (χ3v) is 5.87. The maximum atomic E-state index is 12.7.